The normalized spacial score (nSPS) is 21.3. The van der Waals surface area contributed by atoms with Gasteiger partial charge in [0.15, 0.2) is 0 Å². The van der Waals surface area contributed by atoms with Crippen LogP contribution in [0.25, 0.3) is 0 Å². The molecule has 1 atom stereocenters. The van der Waals surface area contributed by atoms with Crippen molar-refractivity contribution < 1.29 is 4.74 Å². The molecule has 1 saturated heterocycles. The summed E-state index contributed by atoms with van der Waals surface area (Å²) in [7, 11) is 0. The van der Waals surface area contributed by atoms with Crippen molar-refractivity contribution in [1.29, 1.82) is 0 Å². The third kappa shape index (κ3) is 2.79. The van der Waals surface area contributed by atoms with Crippen LogP contribution < -0.4 is 5.32 Å². The van der Waals surface area contributed by atoms with E-state index in [0.717, 1.165) is 38.2 Å². The number of aromatic nitrogens is 1. The summed E-state index contributed by atoms with van der Waals surface area (Å²) in [6.07, 6.45) is 4.30. The minimum atomic E-state index is 0.415. The molecule has 2 rings (SSSR count). The lowest BCUT2D eigenvalue weighted by molar-refractivity contribution is 0.0690. The number of hydrogen-bond acceptors (Lipinski definition) is 3. The predicted molar refractivity (Wildman–Crippen MR) is 55.2 cm³/mol. The van der Waals surface area contributed by atoms with E-state index in [4.69, 9.17) is 4.74 Å². The van der Waals surface area contributed by atoms with Crippen LogP contribution >= 0.6 is 0 Å². The summed E-state index contributed by atoms with van der Waals surface area (Å²) < 4.78 is 5.70. The summed E-state index contributed by atoms with van der Waals surface area (Å²) in [5.74, 6) is 0. The standard InChI is InChI=1S/C11H16N2O/c1-2-6-13-10(3-1)5-8-14-11-4-7-12-9-11/h1-3,6,11-12H,4-5,7-9H2. The molecule has 1 N–H and O–H groups in total. The maximum absolute atomic E-state index is 5.70. The molecule has 76 valence electrons. The molecule has 0 aliphatic carbocycles. The zero-order valence-electron chi connectivity index (χ0n) is 8.28. The van der Waals surface area contributed by atoms with E-state index >= 15 is 0 Å². The second-order valence-electron chi connectivity index (χ2n) is 3.56. The molecule has 1 aliphatic heterocycles. The van der Waals surface area contributed by atoms with Crippen molar-refractivity contribution in [1.82, 2.24) is 10.3 Å². The first-order valence-corrected chi connectivity index (χ1v) is 5.17. The van der Waals surface area contributed by atoms with Crippen LogP contribution in [0.3, 0.4) is 0 Å². The van der Waals surface area contributed by atoms with Gasteiger partial charge in [-0.2, -0.15) is 0 Å². The molecular formula is C11H16N2O. The second kappa shape index (κ2) is 5.08. The number of nitrogens with zero attached hydrogens (tertiary/aromatic N) is 1. The molecule has 14 heavy (non-hydrogen) atoms. The van der Waals surface area contributed by atoms with Gasteiger partial charge < -0.3 is 10.1 Å². The maximum atomic E-state index is 5.70. The summed E-state index contributed by atoms with van der Waals surface area (Å²) in [5, 5.41) is 3.28. The molecule has 0 amide bonds. The van der Waals surface area contributed by atoms with Crippen molar-refractivity contribution in [3.8, 4) is 0 Å². The van der Waals surface area contributed by atoms with Crippen molar-refractivity contribution in [3.05, 3.63) is 30.1 Å². The lowest BCUT2D eigenvalue weighted by atomic mass is 10.3. The van der Waals surface area contributed by atoms with E-state index in [1.807, 2.05) is 24.4 Å². The first kappa shape index (κ1) is 9.62. The monoisotopic (exact) mass is 192 g/mol. The minimum absolute atomic E-state index is 0.415. The van der Waals surface area contributed by atoms with E-state index in [0.29, 0.717) is 6.10 Å². The molecule has 3 heteroatoms. The highest BCUT2D eigenvalue weighted by Crippen LogP contribution is 2.04. The van der Waals surface area contributed by atoms with E-state index in [9.17, 15) is 0 Å². The van der Waals surface area contributed by atoms with Gasteiger partial charge in [0.25, 0.3) is 0 Å². The molecule has 3 nitrogen and oxygen atoms in total. The molecule has 0 saturated carbocycles. The third-order valence-corrected chi connectivity index (χ3v) is 2.45. The molecule has 1 aromatic heterocycles. The smallest absolute Gasteiger partial charge is 0.0711 e. The van der Waals surface area contributed by atoms with Crippen LogP contribution in [0.1, 0.15) is 12.1 Å². The average Bonchev–Trinajstić information content (AvgIpc) is 2.72. The highest BCUT2D eigenvalue weighted by atomic mass is 16.5. The Balaban J connectivity index is 1.67. The van der Waals surface area contributed by atoms with Crippen LogP contribution in [0.4, 0.5) is 0 Å². The third-order valence-electron chi connectivity index (χ3n) is 2.45. The second-order valence-corrected chi connectivity index (χ2v) is 3.56. The van der Waals surface area contributed by atoms with Gasteiger partial charge in [-0.05, 0) is 25.1 Å². The van der Waals surface area contributed by atoms with Gasteiger partial charge in [0, 0.05) is 24.9 Å². The Morgan fingerprint density at radius 2 is 2.50 bits per heavy atom. The molecular weight excluding hydrogens is 176 g/mol. The van der Waals surface area contributed by atoms with Crippen LogP contribution in [0.2, 0.25) is 0 Å². The molecule has 0 spiro atoms. The van der Waals surface area contributed by atoms with E-state index in [2.05, 4.69) is 10.3 Å². The van der Waals surface area contributed by atoms with Gasteiger partial charge >= 0.3 is 0 Å². The molecule has 0 bridgehead atoms. The Morgan fingerprint density at radius 3 is 3.21 bits per heavy atom. The van der Waals surface area contributed by atoms with Crippen LogP contribution in [-0.2, 0) is 11.2 Å². The fraction of sp³-hybridized carbons (Fsp3) is 0.545. The predicted octanol–water partition coefficient (Wildman–Crippen LogP) is 1.00. The summed E-state index contributed by atoms with van der Waals surface area (Å²) >= 11 is 0. The number of hydrogen-bond donors (Lipinski definition) is 1. The quantitative estimate of drug-likeness (QED) is 0.773. The molecule has 1 fully saturated rings. The Kier molecular flexibility index (Phi) is 3.49. The van der Waals surface area contributed by atoms with Gasteiger partial charge in [-0.1, -0.05) is 6.07 Å². The Bertz CT molecular complexity index is 257. The van der Waals surface area contributed by atoms with Crippen LogP contribution in [-0.4, -0.2) is 30.8 Å². The average molecular weight is 192 g/mol. The zero-order chi connectivity index (χ0) is 9.64. The highest BCUT2D eigenvalue weighted by molar-refractivity contribution is 5.03. The van der Waals surface area contributed by atoms with Gasteiger partial charge in [0.05, 0.1) is 12.7 Å². The number of nitrogens with one attached hydrogen (secondary N) is 1. The highest BCUT2D eigenvalue weighted by Gasteiger charge is 2.13. The first-order chi connectivity index (χ1) is 6.95. The van der Waals surface area contributed by atoms with Gasteiger partial charge in [-0.15, -0.1) is 0 Å². The summed E-state index contributed by atoms with van der Waals surface area (Å²) in [6, 6.07) is 5.99. The molecule has 0 radical (unpaired) electrons. The van der Waals surface area contributed by atoms with Crippen molar-refractivity contribution in [2.75, 3.05) is 19.7 Å². The Labute approximate surface area is 84.5 Å². The largest absolute Gasteiger partial charge is 0.376 e. The van der Waals surface area contributed by atoms with Gasteiger partial charge in [0.1, 0.15) is 0 Å². The van der Waals surface area contributed by atoms with Crippen molar-refractivity contribution >= 4 is 0 Å². The van der Waals surface area contributed by atoms with Crippen LogP contribution in [0.15, 0.2) is 24.4 Å². The molecule has 1 aromatic rings. The fourth-order valence-electron chi connectivity index (χ4n) is 1.65. The fourth-order valence-corrected chi connectivity index (χ4v) is 1.65. The minimum Gasteiger partial charge on any atom is -0.376 e. The zero-order valence-corrected chi connectivity index (χ0v) is 8.28. The summed E-state index contributed by atoms with van der Waals surface area (Å²) in [4.78, 5) is 4.25. The number of rotatable bonds is 4. The SMILES string of the molecule is c1ccc(CCOC2CCNC2)nc1. The van der Waals surface area contributed by atoms with Crippen molar-refractivity contribution in [2.24, 2.45) is 0 Å². The van der Waals surface area contributed by atoms with Crippen LogP contribution in [0.5, 0.6) is 0 Å². The van der Waals surface area contributed by atoms with E-state index in [1.54, 1.807) is 0 Å². The number of ether oxygens (including phenoxy) is 1. The summed E-state index contributed by atoms with van der Waals surface area (Å²) in [6.45, 7) is 2.87. The molecule has 1 unspecified atom stereocenters. The Morgan fingerprint density at radius 1 is 1.50 bits per heavy atom. The topological polar surface area (TPSA) is 34.1 Å². The van der Waals surface area contributed by atoms with E-state index in [-0.39, 0.29) is 0 Å². The summed E-state index contributed by atoms with van der Waals surface area (Å²) in [5.41, 5.74) is 1.11. The molecule has 1 aliphatic rings. The lowest BCUT2D eigenvalue weighted by Gasteiger charge is -2.09. The molecule has 0 aromatic carbocycles. The van der Waals surface area contributed by atoms with Crippen molar-refractivity contribution in [2.45, 2.75) is 18.9 Å². The first-order valence-electron chi connectivity index (χ1n) is 5.17. The lowest BCUT2D eigenvalue weighted by Crippen LogP contribution is -2.18. The van der Waals surface area contributed by atoms with Crippen LogP contribution in [0, 0.1) is 0 Å². The van der Waals surface area contributed by atoms with Gasteiger partial charge in [-0.25, -0.2) is 0 Å². The maximum Gasteiger partial charge on any atom is 0.0711 e. The van der Waals surface area contributed by atoms with E-state index < -0.39 is 0 Å². The molecule has 2 heterocycles. The van der Waals surface area contributed by atoms with Gasteiger partial charge in [-0.3, -0.25) is 4.98 Å². The van der Waals surface area contributed by atoms with Crippen molar-refractivity contribution in [3.63, 3.8) is 0 Å². The Hall–Kier alpha value is -0.930. The van der Waals surface area contributed by atoms with Gasteiger partial charge in [0.2, 0.25) is 0 Å². The van der Waals surface area contributed by atoms with E-state index in [1.165, 1.54) is 0 Å². The number of pyridine rings is 1.